The molecule has 21 heavy (non-hydrogen) atoms. The molecular weight excluding hydrogens is 264 g/mol. The minimum atomic E-state index is -0.177. The molecule has 114 valence electrons. The van der Waals surface area contributed by atoms with Crippen molar-refractivity contribution in [2.45, 2.75) is 38.2 Å². The number of anilines is 1. The van der Waals surface area contributed by atoms with Crippen LogP contribution < -0.4 is 10.6 Å². The third kappa shape index (κ3) is 3.56. The summed E-state index contributed by atoms with van der Waals surface area (Å²) >= 11 is 0. The molecule has 1 aliphatic heterocycles. The SMILES string of the molecule is O=C(NCC1CCCC(O)C1)C1CNc2ccccc2C1. The predicted molar refractivity (Wildman–Crippen MR) is 83.1 cm³/mol. The van der Waals surface area contributed by atoms with E-state index < -0.39 is 0 Å². The van der Waals surface area contributed by atoms with E-state index in [0.717, 1.165) is 37.8 Å². The van der Waals surface area contributed by atoms with E-state index in [0.29, 0.717) is 19.0 Å². The number of hydrogen-bond acceptors (Lipinski definition) is 3. The monoisotopic (exact) mass is 288 g/mol. The minimum Gasteiger partial charge on any atom is -0.393 e. The molecule has 1 aromatic rings. The first-order valence-electron chi connectivity index (χ1n) is 8.00. The molecule has 1 heterocycles. The number of aliphatic hydroxyl groups is 1. The number of benzene rings is 1. The Morgan fingerprint density at radius 1 is 1.33 bits per heavy atom. The number of hydrogen-bond donors (Lipinski definition) is 3. The van der Waals surface area contributed by atoms with E-state index in [-0.39, 0.29) is 17.9 Å². The summed E-state index contributed by atoms with van der Waals surface area (Å²) < 4.78 is 0. The summed E-state index contributed by atoms with van der Waals surface area (Å²) in [5.41, 5.74) is 2.37. The van der Waals surface area contributed by atoms with Gasteiger partial charge in [-0.3, -0.25) is 4.79 Å². The van der Waals surface area contributed by atoms with Crippen LogP contribution in [0.2, 0.25) is 0 Å². The molecular formula is C17H24N2O2. The zero-order valence-corrected chi connectivity index (χ0v) is 12.3. The first kappa shape index (κ1) is 14.4. The summed E-state index contributed by atoms with van der Waals surface area (Å²) in [5, 5.41) is 16.1. The highest BCUT2D eigenvalue weighted by atomic mass is 16.3. The maximum Gasteiger partial charge on any atom is 0.225 e. The Morgan fingerprint density at radius 3 is 3.05 bits per heavy atom. The highest BCUT2D eigenvalue weighted by molar-refractivity contribution is 5.80. The van der Waals surface area contributed by atoms with Gasteiger partial charge in [0.15, 0.2) is 0 Å². The number of aliphatic hydroxyl groups excluding tert-OH is 1. The second kappa shape index (κ2) is 6.48. The van der Waals surface area contributed by atoms with Crippen LogP contribution >= 0.6 is 0 Å². The lowest BCUT2D eigenvalue weighted by molar-refractivity contribution is -0.125. The van der Waals surface area contributed by atoms with Gasteiger partial charge in [0.1, 0.15) is 0 Å². The Labute approximate surface area is 125 Å². The highest BCUT2D eigenvalue weighted by Gasteiger charge is 2.26. The summed E-state index contributed by atoms with van der Waals surface area (Å²) in [7, 11) is 0. The summed E-state index contributed by atoms with van der Waals surface area (Å²) in [6.45, 7) is 1.41. The molecule has 0 saturated heterocycles. The molecule has 1 aromatic carbocycles. The topological polar surface area (TPSA) is 61.4 Å². The van der Waals surface area contributed by atoms with Crippen molar-refractivity contribution in [3.8, 4) is 0 Å². The molecule has 1 saturated carbocycles. The van der Waals surface area contributed by atoms with Gasteiger partial charge in [-0.25, -0.2) is 0 Å². The Hall–Kier alpha value is -1.55. The fraction of sp³-hybridized carbons (Fsp3) is 0.588. The van der Waals surface area contributed by atoms with Crippen molar-refractivity contribution in [3.05, 3.63) is 29.8 Å². The van der Waals surface area contributed by atoms with Gasteiger partial charge in [-0.2, -0.15) is 0 Å². The van der Waals surface area contributed by atoms with Gasteiger partial charge in [0.2, 0.25) is 5.91 Å². The number of fused-ring (bicyclic) bond motifs is 1. The zero-order valence-electron chi connectivity index (χ0n) is 12.3. The lowest BCUT2D eigenvalue weighted by Crippen LogP contribution is -2.41. The third-order valence-corrected chi connectivity index (χ3v) is 4.71. The minimum absolute atomic E-state index is 0.00779. The van der Waals surface area contributed by atoms with E-state index in [1.807, 2.05) is 12.1 Å². The smallest absolute Gasteiger partial charge is 0.225 e. The van der Waals surface area contributed by atoms with Crippen LogP contribution in [0.3, 0.4) is 0 Å². The molecule has 0 spiro atoms. The predicted octanol–water partition coefficient (Wildman–Crippen LogP) is 1.94. The van der Waals surface area contributed by atoms with Crippen molar-refractivity contribution in [2.75, 3.05) is 18.4 Å². The van der Waals surface area contributed by atoms with Crippen LogP contribution in [0.25, 0.3) is 0 Å². The molecule has 0 aromatic heterocycles. The number of carbonyl (C=O) groups is 1. The lowest BCUT2D eigenvalue weighted by atomic mass is 9.87. The molecule has 1 amide bonds. The van der Waals surface area contributed by atoms with Crippen LogP contribution in [0.5, 0.6) is 0 Å². The molecule has 3 N–H and O–H groups in total. The van der Waals surface area contributed by atoms with Crippen molar-refractivity contribution in [1.82, 2.24) is 5.32 Å². The summed E-state index contributed by atoms with van der Waals surface area (Å²) in [5.74, 6) is 0.576. The van der Waals surface area contributed by atoms with E-state index in [9.17, 15) is 9.90 Å². The van der Waals surface area contributed by atoms with Gasteiger partial charge >= 0.3 is 0 Å². The second-order valence-electron chi connectivity index (χ2n) is 6.37. The molecule has 4 nitrogen and oxygen atoms in total. The van der Waals surface area contributed by atoms with Gasteiger partial charge in [0, 0.05) is 18.8 Å². The van der Waals surface area contributed by atoms with Gasteiger partial charge in [0.05, 0.1) is 12.0 Å². The summed E-state index contributed by atoms with van der Waals surface area (Å²) in [6, 6.07) is 8.18. The van der Waals surface area contributed by atoms with Crippen LogP contribution in [0.15, 0.2) is 24.3 Å². The Balaban J connectivity index is 1.50. The summed E-state index contributed by atoms with van der Waals surface area (Å²) in [6.07, 6.45) is 4.55. The standard InChI is InChI=1S/C17H24N2O2/c20-15-6-3-4-12(8-15)10-19-17(21)14-9-13-5-1-2-7-16(13)18-11-14/h1-2,5,7,12,14-15,18,20H,3-4,6,8-11H2,(H,19,21). The molecule has 4 heteroatoms. The molecule has 1 fully saturated rings. The second-order valence-corrected chi connectivity index (χ2v) is 6.37. The van der Waals surface area contributed by atoms with Crippen molar-refractivity contribution in [2.24, 2.45) is 11.8 Å². The largest absolute Gasteiger partial charge is 0.393 e. The number of rotatable bonds is 3. The molecule has 3 atom stereocenters. The first-order valence-corrected chi connectivity index (χ1v) is 8.00. The van der Waals surface area contributed by atoms with Crippen LogP contribution in [0.1, 0.15) is 31.2 Å². The van der Waals surface area contributed by atoms with Crippen LogP contribution in [0, 0.1) is 11.8 Å². The van der Waals surface area contributed by atoms with Crippen molar-refractivity contribution in [1.29, 1.82) is 0 Å². The molecule has 3 rings (SSSR count). The van der Waals surface area contributed by atoms with Gasteiger partial charge in [-0.1, -0.05) is 24.6 Å². The zero-order chi connectivity index (χ0) is 14.7. The Bertz CT molecular complexity index is 503. The number of amides is 1. The van der Waals surface area contributed by atoms with Crippen molar-refractivity contribution < 1.29 is 9.90 Å². The van der Waals surface area contributed by atoms with Gasteiger partial charge in [-0.15, -0.1) is 0 Å². The fourth-order valence-electron chi connectivity index (χ4n) is 3.46. The van der Waals surface area contributed by atoms with Crippen molar-refractivity contribution >= 4 is 11.6 Å². The fourth-order valence-corrected chi connectivity index (χ4v) is 3.46. The van der Waals surface area contributed by atoms with Crippen LogP contribution in [-0.2, 0) is 11.2 Å². The normalized spacial score (nSPS) is 28.3. The molecule has 2 aliphatic rings. The van der Waals surface area contributed by atoms with Gasteiger partial charge in [-0.05, 0) is 43.2 Å². The first-order chi connectivity index (χ1) is 10.2. The average molecular weight is 288 g/mol. The lowest BCUT2D eigenvalue weighted by Gasteiger charge is -2.28. The molecule has 3 unspecified atom stereocenters. The van der Waals surface area contributed by atoms with Crippen LogP contribution in [0.4, 0.5) is 5.69 Å². The van der Waals surface area contributed by atoms with E-state index in [1.165, 1.54) is 5.56 Å². The quantitative estimate of drug-likeness (QED) is 0.796. The Morgan fingerprint density at radius 2 is 2.19 bits per heavy atom. The molecule has 1 aliphatic carbocycles. The van der Waals surface area contributed by atoms with Gasteiger partial charge < -0.3 is 15.7 Å². The number of carbonyl (C=O) groups excluding carboxylic acids is 1. The van der Waals surface area contributed by atoms with Gasteiger partial charge in [0.25, 0.3) is 0 Å². The number of nitrogens with one attached hydrogen (secondary N) is 2. The van der Waals surface area contributed by atoms with Crippen LogP contribution in [-0.4, -0.2) is 30.2 Å². The maximum absolute atomic E-state index is 12.3. The van der Waals surface area contributed by atoms with E-state index in [2.05, 4.69) is 22.8 Å². The van der Waals surface area contributed by atoms with E-state index in [1.54, 1.807) is 0 Å². The van der Waals surface area contributed by atoms with E-state index >= 15 is 0 Å². The Kier molecular flexibility index (Phi) is 4.44. The number of para-hydroxylation sites is 1. The highest BCUT2D eigenvalue weighted by Crippen LogP contribution is 2.25. The average Bonchev–Trinajstić information content (AvgIpc) is 2.52. The third-order valence-electron chi connectivity index (χ3n) is 4.71. The summed E-state index contributed by atoms with van der Waals surface area (Å²) in [4.78, 5) is 12.3. The molecule has 0 radical (unpaired) electrons. The van der Waals surface area contributed by atoms with E-state index in [4.69, 9.17) is 0 Å². The maximum atomic E-state index is 12.3. The molecule has 0 bridgehead atoms. The van der Waals surface area contributed by atoms with Crippen molar-refractivity contribution in [3.63, 3.8) is 0 Å².